The third-order valence-electron chi connectivity index (χ3n) is 5.59. The summed E-state index contributed by atoms with van der Waals surface area (Å²) in [4.78, 5) is 27.4. The normalized spacial score (nSPS) is 11.7. The molecule has 41 heavy (non-hydrogen) atoms. The predicted octanol–water partition coefficient (Wildman–Crippen LogP) is 4.42. The quantitative estimate of drug-likeness (QED) is 0.217. The van der Waals surface area contributed by atoms with Gasteiger partial charge in [-0.05, 0) is 63.6 Å². The van der Waals surface area contributed by atoms with Crippen molar-refractivity contribution in [1.82, 2.24) is 24.8 Å². The van der Waals surface area contributed by atoms with Gasteiger partial charge in [-0.1, -0.05) is 12.1 Å². The van der Waals surface area contributed by atoms with Gasteiger partial charge in [0.05, 0.1) is 10.6 Å². The van der Waals surface area contributed by atoms with Gasteiger partial charge < -0.3 is 10.1 Å². The maximum atomic E-state index is 14.2. The van der Waals surface area contributed by atoms with E-state index in [-0.39, 0.29) is 35.1 Å². The van der Waals surface area contributed by atoms with Crippen molar-refractivity contribution >= 4 is 21.6 Å². The zero-order valence-electron chi connectivity index (χ0n) is 22.6. The van der Waals surface area contributed by atoms with E-state index in [0.717, 1.165) is 34.5 Å². The van der Waals surface area contributed by atoms with Crippen molar-refractivity contribution in [2.75, 3.05) is 0 Å². The highest BCUT2D eigenvalue weighted by molar-refractivity contribution is 7.89. The number of nitrogens with zero attached hydrogens (tertiary/aromatic N) is 4. The van der Waals surface area contributed by atoms with Crippen LogP contribution in [0, 0.1) is 22.9 Å². The molecule has 4 rings (SSSR count). The number of hydrogen-bond donors (Lipinski definition) is 2. The van der Waals surface area contributed by atoms with Crippen LogP contribution in [0.1, 0.15) is 42.4 Å². The number of pyridine rings is 1. The first-order valence-electron chi connectivity index (χ1n) is 12.3. The second-order valence-corrected chi connectivity index (χ2v) is 11.7. The molecule has 2 N–H and O–H groups in total. The molecule has 14 heteroatoms. The Morgan fingerprint density at radius 2 is 1.90 bits per heavy atom. The maximum Gasteiger partial charge on any atom is 0.272 e. The lowest BCUT2D eigenvalue weighted by molar-refractivity contribution is -0.385. The number of nitro benzene ring substituents is 1. The fraction of sp³-hybridized carbons (Fsp3) is 0.222. The van der Waals surface area contributed by atoms with Crippen LogP contribution in [-0.4, -0.2) is 39.6 Å². The van der Waals surface area contributed by atoms with Crippen LogP contribution in [0.3, 0.4) is 0 Å². The molecule has 214 valence electrons. The largest absolute Gasteiger partial charge is 0.437 e. The van der Waals surface area contributed by atoms with E-state index in [1.807, 2.05) is 0 Å². The van der Waals surface area contributed by atoms with Crippen LogP contribution in [0.15, 0.2) is 71.9 Å². The summed E-state index contributed by atoms with van der Waals surface area (Å²) >= 11 is 0. The van der Waals surface area contributed by atoms with E-state index in [1.54, 1.807) is 45.3 Å². The molecule has 1 amide bonds. The Bertz CT molecular complexity index is 1720. The van der Waals surface area contributed by atoms with E-state index in [1.165, 1.54) is 25.1 Å². The minimum Gasteiger partial charge on any atom is -0.437 e. The van der Waals surface area contributed by atoms with Crippen molar-refractivity contribution < 1.29 is 27.3 Å². The lowest BCUT2D eigenvalue weighted by Gasteiger charge is -2.21. The number of carbonyl (C=O) groups excluding carboxylic acids is 1. The molecule has 0 saturated heterocycles. The number of hydrogen-bond acceptors (Lipinski definition) is 8. The SMILES string of the molecule is Cc1c(C(=O)NCc2cccnc2)nn(-c2cccc(F)c2)c1Oc1ccc([N+](=O)[O-])cc1S(=O)(=O)NC(C)(C)C. The van der Waals surface area contributed by atoms with Crippen molar-refractivity contribution in [3.8, 4) is 17.3 Å². The molecule has 4 aromatic rings. The second-order valence-electron chi connectivity index (χ2n) is 10.1. The molecule has 0 atom stereocenters. The third-order valence-corrected chi connectivity index (χ3v) is 7.37. The number of carbonyl (C=O) groups is 1. The number of nitrogens with one attached hydrogen (secondary N) is 2. The molecule has 2 aromatic heterocycles. The first kappa shape index (κ1) is 29.3. The Morgan fingerprint density at radius 1 is 1.15 bits per heavy atom. The Hall–Kier alpha value is -4.69. The van der Waals surface area contributed by atoms with E-state index in [0.29, 0.717) is 0 Å². The Balaban J connectivity index is 1.82. The van der Waals surface area contributed by atoms with Crippen molar-refractivity contribution in [2.45, 2.75) is 44.7 Å². The lowest BCUT2D eigenvalue weighted by atomic mass is 10.1. The fourth-order valence-electron chi connectivity index (χ4n) is 3.83. The summed E-state index contributed by atoms with van der Waals surface area (Å²) in [7, 11) is -4.32. The van der Waals surface area contributed by atoms with Gasteiger partial charge in [0.15, 0.2) is 5.69 Å². The van der Waals surface area contributed by atoms with Crippen LogP contribution in [0.5, 0.6) is 11.6 Å². The van der Waals surface area contributed by atoms with Crippen molar-refractivity contribution in [2.24, 2.45) is 0 Å². The van der Waals surface area contributed by atoms with Gasteiger partial charge in [-0.3, -0.25) is 19.9 Å². The number of amides is 1. The molecule has 0 unspecified atom stereocenters. The lowest BCUT2D eigenvalue weighted by Crippen LogP contribution is -2.40. The number of benzene rings is 2. The standard InChI is InChI=1S/C27H27FN6O6S/c1-17-24(25(35)30-16-18-7-6-12-29-15-18)31-33(20-9-5-8-19(28)13-20)26(17)40-22-11-10-21(34(36)37)14-23(22)41(38,39)32-27(2,3)4/h5-15,32H,16H2,1-4H3,(H,30,35). The zero-order chi connectivity index (χ0) is 29.9. The summed E-state index contributed by atoms with van der Waals surface area (Å²) in [6, 6.07) is 11.9. The average Bonchev–Trinajstić information content (AvgIpc) is 3.22. The molecular weight excluding hydrogens is 555 g/mol. The summed E-state index contributed by atoms with van der Waals surface area (Å²) in [5, 5.41) is 18.5. The number of nitro groups is 1. The first-order chi connectivity index (χ1) is 19.2. The third kappa shape index (κ3) is 6.91. The van der Waals surface area contributed by atoms with Crippen molar-refractivity contribution in [3.05, 3.63) is 99.7 Å². The zero-order valence-corrected chi connectivity index (χ0v) is 23.4. The van der Waals surface area contributed by atoms with Gasteiger partial charge in [-0.2, -0.15) is 9.78 Å². The highest BCUT2D eigenvalue weighted by Gasteiger charge is 2.30. The number of halogens is 1. The predicted molar refractivity (Wildman–Crippen MR) is 147 cm³/mol. The summed E-state index contributed by atoms with van der Waals surface area (Å²) in [6.07, 6.45) is 3.19. The summed E-state index contributed by atoms with van der Waals surface area (Å²) in [6.45, 7) is 6.52. The van der Waals surface area contributed by atoms with E-state index >= 15 is 0 Å². The van der Waals surface area contributed by atoms with Crippen molar-refractivity contribution in [1.29, 1.82) is 0 Å². The Labute approximate surface area is 235 Å². The Kier molecular flexibility index (Phi) is 8.17. The fourth-order valence-corrected chi connectivity index (χ4v) is 5.40. The van der Waals surface area contributed by atoms with Crippen LogP contribution < -0.4 is 14.8 Å². The highest BCUT2D eigenvalue weighted by Crippen LogP contribution is 2.36. The van der Waals surface area contributed by atoms with Gasteiger partial charge in [0.2, 0.25) is 15.9 Å². The van der Waals surface area contributed by atoms with E-state index in [2.05, 4.69) is 20.1 Å². The number of rotatable bonds is 9. The molecule has 0 spiro atoms. The number of aromatic nitrogens is 3. The van der Waals surface area contributed by atoms with Crippen LogP contribution in [0.4, 0.5) is 10.1 Å². The molecule has 2 heterocycles. The molecule has 0 aliphatic carbocycles. The van der Waals surface area contributed by atoms with E-state index in [4.69, 9.17) is 4.74 Å². The topological polar surface area (TPSA) is 158 Å². The number of non-ortho nitro benzene ring substituents is 1. The molecule has 0 saturated carbocycles. The van der Waals surface area contributed by atoms with Crippen LogP contribution in [0.2, 0.25) is 0 Å². The average molecular weight is 583 g/mol. The maximum absolute atomic E-state index is 14.2. The molecule has 0 fully saturated rings. The minimum atomic E-state index is -4.32. The smallest absolute Gasteiger partial charge is 0.272 e. The van der Waals surface area contributed by atoms with Crippen LogP contribution >= 0.6 is 0 Å². The van der Waals surface area contributed by atoms with Gasteiger partial charge in [-0.25, -0.2) is 17.5 Å². The van der Waals surface area contributed by atoms with Crippen LogP contribution in [-0.2, 0) is 16.6 Å². The second kappa shape index (κ2) is 11.4. The first-order valence-corrected chi connectivity index (χ1v) is 13.8. The van der Waals surface area contributed by atoms with Crippen molar-refractivity contribution in [3.63, 3.8) is 0 Å². The van der Waals surface area contributed by atoms with E-state index < -0.39 is 42.8 Å². The van der Waals surface area contributed by atoms with Gasteiger partial charge in [0, 0.05) is 42.2 Å². The van der Waals surface area contributed by atoms with Gasteiger partial charge in [0.1, 0.15) is 16.5 Å². The molecule has 0 aliphatic rings. The summed E-state index contributed by atoms with van der Waals surface area (Å²) < 4.78 is 50.4. The van der Waals surface area contributed by atoms with Gasteiger partial charge in [0.25, 0.3) is 11.6 Å². The number of ether oxygens (including phenoxy) is 1. The monoisotopic (exact) mass is 582 g/mol. The summed E-state index contributed by atoms with van der Waals surface area (Å²) in [5.41, 5.74) is -0.312. The number of sulfonamides is 1. The molecule has 0 bridgehead atoms. The van der Waals surface area contributed by atoms with E-state index in [9.17, 15) is 27.7 Å². The summed E-state index contributed by atoms with van der Waals surface area (Å²) in [5.74, 6) is -1.52. The molecule has 12 nitrogen and oxygen atoms in total. The minimum absolute atomic E-state index is 0.0627. The molecule has 0 radical (unpaired) electrons. The van der Waals surface area contributed by atoms with Crippen LogP contribution in [0.25, 0.3) is 5.69 Å². The molecule has 0 aliphatic heterocycles. The highest BCUT2D eigenvalue weighted by atomic mass is 32.2. The molecule has 2 aromatic carbocycles. The molecular formula is C27H27FN6O6S. The van der Waals surface area contributed by atoms with Gasteiger partial charge in [-0.15, -0.1) is 0 Å². The van der Waals surface area contributed by atoms with Gasteiger partial charge >= 0.3 is 0 Å². The Morgan fingerprint density at radius 3 is 2.54 bits per heavy atom.